The van der Waals surface area contributed by atoms with Crippen LogP contribution in [0, 0.1) is 6.92 Å². The molecule has 0 bridgehead atoms. The van der Waals surface area contributed by atoms with Gasteiger partial charge in [-0.1, -0.05) is 11.4 Å². The highest BCUT2D eigenvalue weighted by Crippen LogP contribution is 2.07. The molecule has 0 saturated heterocycles. The molecule has 5 heteroatoms. The lowest BCUT2D eigenvalue weighted by atomic mass is 10.4. The van der Waals surface area contributed by atoms with E-state index in [1.165, 1.54) is 22.8 Å². The average molecular weight is 214 g/mol. The van der Waals surface area contributed by atoms with Crippen molar-refractivity contribution >= 4 is 11.5 Å². The molecule has 14 heavy (non-hydrogen) atoms. The first kappa shape index (κ1) is 11.6. The molecular formula is C9H18N4S. The molecule has 1 rings (SSSR count). The van der Waals surface area contributed by atoms with Crippen molar-refractivity contribution in [3.8, 4) is 0 Å². The minimum absolute atomic E-state index is 0.886. The van der Waals surface area contributed by atoms with Crippen LogP contribution in [0.1, 0.15) is 23.9 Å². The van der Waals surface area contributed by atoms with Crippen LogP contribution in [0.15, 0.2) is 0 Å². The van der Waals surface area contributed by atoms with Gasteiger partial charge in [-0.2, -0.15) is 0 Å². The zero-order chi connectivity index (χ0) is 10.2. The number of rotatable bonds is 7. The molecule has 1 heterocycles. The molecule has 4 nitrogen and oxygen atoms in total. The predicted octanol–water partition coefficient (Wildman–Crippen LogP) is 0.936. The van der Waals surface area contributed by atoms with Gasteiger partial charge in [0.25, 0.3) is 0 Å². The summed E-state index contributed by atoms with van der Waals surface area (Å²) >= 11 is 1.47. The highest BCUT2D eigenvalue weighted by Gasteiger charge is 2.00. The van der Waals surface area contributed by atoms with E-state index in [9.17, 15) is 0 Å². The van der Waals surface area contributed by atoms with Crippen LogP contribution in [0.4, 0.5) is 0 Å². The summed E-state index contributed by atoms with van der Waals surface area (Å²) in [5, 5.41) is 10.7. The van der Waals surface area contributed by atoms with Gasteiger partial charge in [-0.25, -0.2) is 0 Å². The second kappa shape index (κ2) is 6.86. The van der Waals surface area contributed by atoms with E-state index in [0.717, 1.165) is 31.9 Å². The van der Waals surface area contributed by atoms with E-state index in [1.807, 2.05) is 6.92 Å². The van der Waals surface area contributed by atoms with Crippen LogP contribution in [-0.4, -0.2) is 29.2 Å². The van der Waals surface area contributed by atoms with E-state index >= 15 is 0 Å². The van der Waals surface area contributed by atoms with Crippen molar-refractivity contribution < 1.29 is 0 Å². The van der Waals surface area contributed by atoms with Crippen molar-refractivity contribution in [3.05, 3.63) is 10.6 Å². The lowest BCUT2D eigenvalue weighted by Gasteiger charge is -2.04. The van der Waals surface area contributed by atoms with E-state index in [1.54, 1.807) is 0 Å². The minimum atomic E-state index is 0.886. The smallest absolute Gasteiger partial charge is 0.0769 e. The number of nitrogens with one attached hydrogen (secondary N) is 2. The van der Waals surface area contributed by atoms with Gasteiger partial charge in [-0.15, -0.1) is 5.10 Å². The van der Waals surface area contributed by atoms with Crippen LogP contribution in [0.25, 0.3) is 0 Å². The third-order valence-corrected chi connectivity index (χ3v) is 2.76. The van der Waals surface area contributed by atoms with Crippen molar-refractivity contribution in [2.75, 3.05) is 19.6 Å². The molecule has 0 saturated carbocycles. The molecular weight excluding hydrogens is 196 g/mol. The summed E-state index contributed by atoms with van der Waals surface area (Å²) < 4.78 is 3.89. The van der Waals surface area contributed by atoms with Gasteiger partial charge in [0.2, 0.25) is 0 Å². The number of hydrogen-bond acceptors (Lipinski definition) is 5. The Morgan fingerprint density at radius 1 is 1.21 bits per heavy atom. The molecule has 2 N–H and O–H groups in total. The Balaban J connectivity index is 2.02. The average Bonchev–Trinajstić information content (AvgIpc) is 2.58. The number of aryl methyl sites for hydroxylation is 1. The molecule has 0 aliphatic heterocycles. The van der Waals surface area contributed by atoms with E-state index in [-0.39, 0.29) is 0 Å². The molecule has 0 spiro atoms. The van der Waals surface area contributed by atoms with Crippen LogP contribution in [0.3, 0.4) is 0 Å². The summed E-state index contributed by atoms with van der Waals surface area (Å²) in [4.78, 5) is 1.24. The summed E-state index contributed by atoms with van der Waals surface area (Å²) in [5.74, 6) is 0. The van der Waals surface area contributed by atoms with Gasteiger partial charge in [-0.3, -0.25) is 0 Å². The van der Waals surface area contributed by atoms with Crippen molar-refractivity contribution in [3.63, 3.8) is 0 Å². The normalized spacial score (nSPS) is 10.7. The van der Waals surface area contributed by atoms with E-state index < -0.39 is 0 Å². The quantitative estimate of drug-likeness (QED) is 0.663. The molecule has 0 fully saturated rings. The van der Waals surface area contributed by atoms with Gasteiger partial charge in [0.15, 0.2) is 0 Å². The minimum Gasteiger partial charge on any atom is -0.315 e. The Morgan fingerprint density at radius 3 is 2.64 bits per heavy atom. The molecule has 0 radical (unpaired) electrons. The van der Waals surface area contributed by atoms with Crippen molar-refractivity contribution in [1.29, 1.82) is 0 Å². The van der Waals surface area contributed by atoms with Crippen molar-refractivity contribution in [1.82, 2.24) is 20.2 Å². The Morgan fingerprint density at radius 2 is 2.00 bits per heavy atom. The molecule has 0 aromatic carbocycles. The van der Waals surface area contributed by atoms with Gasteiger partial charge < -0.3 is 10.6 Å². The summed E-state index contributed by atoms with van der Waals surface area (Å²) in [6.07, 6.45) is 1.19. The number of aromatic nitrogens is 2. The fourth-order valence-electron chi connectivity index (χ4n) is 1.09. The largest absolute Gasteiger partial charge is 0.315 e. The fourth-order valence-corrected chi connectivity index (χ4v) is 1.69. The molecule has 0 aliphatic carbocycles. The van der Waals surface area contributed by atoms with Gasteiger partial charge in [0.1, 0.15) is 0 Å². The molecule has 0 aliphatic rings. The Hall–Kier alpha value is -0.520. The first-order chi connectivity index (χ1) is 6.84. The summed E-state index contributed by atoms with van der Waals surface area (Å²) in [6, 6.07) is 0. The van der Waals surface area contributed by atoms with Gasteiger partial charge >= 0.3 is 0 Å². The molecule has 80 valence electrons. The van der Waals surface area contributed by atoms with Crippen molar-refractivity contribution in [2.24, 2.45) is 0 Å². The molecule has 0 unspecified atom stereocenters. The predicted molar refractivity (Wildman–Crippen MR) is 59.5 cm³/mol. The number of nitrogens with zero attached hydrogens (tertiary/aromatic N) is 2. The lowest BCUT2D eigenvalue weighted by Crippen LogP contribution is -2.27. The highest BCUT2D eigenvalue weighted by atomic mass is 32.1. The Kier molecular flexibility index (Phi) is 5.66. The SMILES string of the molecule is CCCNCCNCc1snnc1C. The maximum Gasteiger partial charge on any atom is 0.0769 e. The Labute approximate surface area is 89.3 Å². The van der Waals surface area contributed by atoms with Gasteiger partial charge in [0, 0.05) is 19.6 Å². The van der Waals surface area contributed by atoms with E-state index in [0.29, 0.717) is 0 Å². The lowest BCUT2D eigenvalue weighted by molar-refractivity contribution is 0.608. The van der Waals surface area contributed by atoms with Gasteiger partial charge in [0.05, 0.1) is 10.6 Å². The van der Waals surface area contributed by atoms with Crippen molar-refractivity contribution in [2.45, 2.75) is 26.8 Å². The van der Waals surface area contributed by atoms with Crippen LogP contribution in [-0.2, 0) is 6.54 Å². The molecule has 0 atom stereocenters. The third-order valence-electron chi connectivity index (χ3n) is 1.94. The van der Waals surface area contributed by atoms with Gasteiger partial charge in [-0.05, 0) is 31.4 Å². The maximum absolute atomic E-state index is 3.96. The third kappa shape index (κ3) is 4.13. The first-order valence-electron chi connectivity index (χ1n) is 5.04. The highest BCUT2D eigenvalue weighted by molar-refractivity contribution is 7.05. The monoisotopic (exact) mass is 214 g/mol. The Bertz CT molecular complexity index is 249. The van der Waals surface area contributed by atoms with Crippen LogP contribution >= 0.6 is 11.5 Å². The zero-order valence-electron chi connectivity index (χ0n) is 8.84. The topological polar surface area (TPSA) is 49.8 Å². The molecule has 0 amide bonds. The zero-order valence-corrected chi connectivity index (χ0v) is 9.65. The molecule has 1 aromatic heterocycles. The summed E-state index contributed by atoms with van der Waals surface area (Å²) in [5.41, 5.74) is 1.05. The number of hydrogen-bond donors (Lipinski definition) is 2. The maximum atomic E-state index is 3.96. The second-order valence-corrected chi connectivity index (χ2v) is 4.05. The second-order valence-electron chi connectivity index (χ2n) is 3.21. The van der Waals surface area contributed by atoms with E-state index in [4.69, 9.17) is 0 Å². The van der Waals surface area contributed by atoms with Crippen LogP contribution in [0.5, 0.6) is 0 Å². The summed E-state index contributed by atoms with van der Waals surface area (Å²) in [7, 11) is 0. The standard InChI is InChI=1S/C9H18N4S/c1-3-4-10-5-6-11-7-9-8(2)12-13-14-9/h10-11H,3-7H2,1-2H3. The summed E-state index contributed by atoms with van der Waals surface area (Å²) in [6.45, 7) is 8.18. The molecule has 1 aromatic rings. The van der Waals surface area contributed by atoms with Crippen LogP contribution in [0.2, 0.25) is 0 Å². The van der Waals surface area contributed by atoms with E-state index in [2.05, 4.69) is 27.1 Å². The first-order valence-corrected chi connectivity index (χ1v) is 5.81. The van der Waals surface area contributed by atoms with Crippen LogP contribution < -0.4 is 10.6 Å². The fraction of sp³-hybridized carbons (Fsp3) is 0.778.